The molecule has 2 aromatic rings. The van der Waals surface area contributed by atoms with Crippen LogP contribution in [-0.2, 0) is 11.3 Å². The number of hydrogen-bond donors (Lipinski definition) is 1. The topological polar surface area (TPSA) is 41.0 Å². The van der Waals surface area contributed by atoms with E-state index in [1.165, 1.54) is 12.5 Å². The van der Waals surface area contributed by atoms with Crippen molar-refractivity contribution in [2.75, 3.05) is 13.1 Å². The molecule has 0 bridgehead atoms. The molecule has 0 radical (unpaired) electrons. The number of rotatable bonds is 2. The summed E-state index contributed by atoms with van der Waals surface area (Å²) in [5, 5.41) is 0. The maximum absolute atomic E-state index is 13.6. The van der Waals surface area contributed by atoms with E-state index in [0.717, 1.165) is 31.4 Å². The number of imidazole rings is 1. The summed E-state index contributed by atoms with van der Waals surface area (Å²) in [5.74, 6) is -0.193. The second-order valence-electron chi connectivity index (χ2n) is 5.58. The van der Waals surface area contributed by atoms with Crippen molar-refractivity contribution in [1.29, 1.82) is 0 Å². The van der Waals surface area contributed by atoms with Crippen LogP contribution in [0.3, 0.4) is 0 Å². The predicted octanol–water partition coefficient (Wildman–Crippen LogP) is 3.16. The van der Waals surface area contributed by atoms with Gasteiger partial charge in [0.25, 0.3) is 0 Å². The van der Waals surface area contributed by atoms with Crippen LogP contribution in [0.4, 0.5) is 4.39 Å². The Bertz CT molecular complexity index is 743. The van der Waals surface area contributed by atoms with Crippen molar-refractivity contribution in [3.63, 3.8) is 0 Å². The van der Waals surface area contributed by atoms with E-state index < -0.39 is 0 Å². The number of aryl methyl sites for hydroxylation is 1. The Morgan fingerprint density at radius 2 is 2.05 bits per heavy atom. The fraction of sp³-hybridized carbons (Fsp3) is 0.467. The predicted molar refractivity (Wildman–Crippen MR) is 82.2 cm³/mol. The number of carbonyl (C=O) groups is 1. The first-order valence-corrected chi connectivity index (χ1v) is 7.63. The highest BCUT2D eigenvalue weighted by atomic mass is 32.1. The van der Waals surface area contributed by atoms with Gasteiger partial charge in [0.1, 0.15) is 12.4 Å². The largest absolute Gasteiger partial charge is 0.341 e. The third-order valence-electron chi connectivity index (χ3n) is 4.06. The molecule has 0 spiro atoms. The Labute approximate surface area is 127 Å². The monoisotopic (exact) mass is 307 g/mol. The molecule has 1 aromatic carbocycles. The Balaban J connectivity index is 1.93. The van der Waals surface area contributed by atoms with E-state index in [-0.39, 0.29) is 18.3 Å². The van der Waals surface area contributed by atoms with Gasteiger partial charge in [-0.1, -0.05) is 0 Å². The molecule has 1 N–H and O–H groups in total. The van der Waals surface area contributed by atoms with E-state index >= 15 is 0 Å². The molecule has 1 aliphatic heterocycles. The molecular weight excluding hydrogens is 289 g/mol. The minimum Gasteiger partial charge on any atom is -0.341 e. The van der Waals surface area contributed by atoms with Crippen LogP contribution in [0.25, 0.3) is 11.0 Å². The lowest BCUT2D eigenvalue weighted by molar-refractivity contribution is -0.132. The quantitative estimate of drug-likeness (QED) is 0.866. The Kier molecular flexibility index (Phi) is 3.80. The van der Waals surface area contributed by atoms with Gasteiger partial charge >= 0.3 is 0 Å². The van der Waals surface area contributed by atoms with Gasteiger partial charge in [-0.05, 0) is 56.1 Å². The van der Waals surface area contributed by atoms with Gasteiger partial charge in [0.2, 0.25) is 5.91 Å². The molecule has 1 aliphatic rings. The molecule has 1 aromatic heterocycles. The highest BCUT2D eigenvalue weighted by molar-refractivity contribution is 7.71. The Morgan fingerprint density at radius 1 is 1.33 bits per heavy atom. The van der Waals surface area contributed by atoms with Crippen LogP contribution in [0.5, 0.6) is 0 Å². The van der Waals surface area contributed by atoms with Gasteiger partial charge in [-0.15, -0.1) is 0 Å². The van der Waals surface area contributed by atoms with Gasteiger partial charge in [-0.2, -0.15) is 0 Å². The van der Waals surface area contributed by atoms with Crippen molar-refractivity contribution in [2.24, 2.45) is 0 Å². The van der Waals surface area contributed by atoms with E-state index in [9.17, 15) is 9.18 Å². The fourth-order valence-electron chi connectivity index (χ4n) is 2.82. The summed E-state index contributed by atoms with van der Waals surface area (Å²) < 4.78 is 15.8. The summed E-state index contributed by atoms with van der Waals surface area (Å²) in [4.78, 5) is 17.2. The number of amides is 1. The zero-order chi connectivity index (χ0) is 15.0. The summed E-state index contributed by atoms with van der Waals surface area (Å²) in [6, 6.07) is 3.17. The van der Waals surface area contributed by atoms with Crippen molar-refractivity contribution in [2.45, 2.75) is 32.7 Å². The maximum atomic E-state index is 13.6. The van der Waals surface area contributed by atoms with E-state index in [1.807, 2.05) is 4.90 Å². The van der Waals surface area contributed by atoms with Crippen LogP contribution in [0, 0.1) is 17.5 Å². The van der Waals surface area contributed by atoms with Crippen LogP contribution in [0.2, 0.25) is 0 Å². The SMILES string of the molecule is Cc1cc2c(cc1F)[nH]c(=S)n2CC(=O)N1CCCCC1. The number of nitrogens with zero attached hydrogens (tertiary/aromatic N) is 2. The Morgan fingerprint density at radius 3 is 2.76 bits per heavy atom. The molecule has 2 heterocycles. The van der Waals surface area contributed by atoms with Crippen molar-refractivity contribution < 1.29 is 9.18 Å². The lowest BCUT2D eigenvalue weighted by Crippen LogP contribution is -2.37. The Hall–Kier alpha value is -1.69. The number of carbonyl (C=O) groups excluding carboxylic acids is 1. The number of likely N-dealkylation sites (tertiary alicyclic amines) is 1. The van der Waals surface area contributed by atoms with Crippen molar-refractivity contribution in [1.82, 2.24) is 14.5 Å². The summed E-state index contributed by atoms with van der Waals surface area (Å²) in [6.07, 6.45) is 3.32. The number of nitrogens with one attached hydrogen (secondary N) is 1. The highest BCUT2D eigenvalue weighted by Gasteiger charge is 2.18. The summed E-state index contributed by atoms with van der Waals surface area (Å²) in [6.45, 7) is 3.57. The van der Waals surface area contributed by atoms with Crippen LogP contribution in [-0.4, -0.2) is 33.4 Å². The molecule has 112 valence electrons. The van der Waals surface area contributed by atoms with Crippen LogP contribution in [0.15, 0.2) is 12.1 Å². The zero-order valence-electron chi connectivity index (χ0n) is 12.0. The van der Waals surface area contributed by atoms with Gasteiger partial charge in [0.05, 0.1) is 11.0 Å². The van der Waals surface area contributed by atoms with Crippen molar-refractivity contribution in [3.05, 3.63) is 28.3 Å². The van der Waals surface area contributed by atoms with Crippen LogP contribution in [0.1, 0.15) is 24.8 Å². The highest BCUT2D eigenvalue weighted by Crippen LogP contribution is 2.19. The number of H-pyrrole nitrogens is 1. The minimum absolute atomic E-state index is 0.0775. The van der Waals surface area contributed by atoms with Gasteiger partial charge in [0, 0.05) is 13.1 Å². The molecule has 6 heteroatoms. The van der Waals surface area contributed by atoms with Crippen molar-refractivity contribution >= 4 is 29.2 Å². The first-order valence-electron chi connectivity index (χ1n) is 7.22. The number of piperidine rings is 1. The molecule has 0 unspecified atom stereocenters. The van der Waals surface area contributed by atoms with E-state index in [0.29, 0.717) is 15.9 Å². The standard InChI is InChI=1S/C15H18FN3OS/c1-10-7-13-12(8-11(10)16)17-15(21)19(13)9-14(20)18-5-3-2-4-6-18/h7-8H,2-6,9H2,1H3,(H,17,21). The van der Waals surface area contributed by atoms with Crippen LogP contribution < -0.4 is 0 Å². The third kappa shape index (κ3) is 2.72. The van der Waals surface area contributed by atoms with E-state index in [4.69, 9.17) is 12.2 Å². The van der Waals surface area contributed by atoms with E-state index in [1.54, 1.807) is 17.6 Å². The summed E-state index contributed by atoms with van der Waals surface area (Å²) >= 11 is 5.27. The van der Waals surface area contributed by atoms with Crippen LogP contribution >= 0.6 is 12.2 Å². The summed E-state index contributed by atoms with van der Waals surface area (Å²) in [7, 11) is 0. The van der Waals surface area contributed by atoms with E-state index in [2.05, 4.69) is 4.98 Å². The smallest absolute Gasteiger partial charge is 0.242 e. The minimum atomic E-state index is -0.270. The van der Waals surface area contributed by atoms with Crippen molar-refractivity contribution in [3.8, 4) is 0 Å². The molecule has 1 fully saturated rings. The molecule has 0 saturated carbocycles. The fourth-order valence-corrected chi connectivity index (χ4v) is 3.09. The number of fused-ring (bicyclic) bond motifs is 1. The molecule has 1 saturated heterocycles. The molecule has 0 atom stereocenters. The second-order valence-corrected chi connectivity index (χ2v) is 5.96. The first kappa shape index (κ1) is 14.3. The molecule has 4 nitrogen and oxygen atoms in total. The summed E-state index contributed by atoms with van der Waals surface area (Å²) in [5.41, 5.74) is 1.97. The number of benzene rings is 1. The first-order chi connectivity index (χ1) is 10.1. The lowest BCUT2D eigenvalue weighted by Gasteiger charge is -2.26. The number of aromatic nitrogens is 2. The number of aromatic amines is 1. The third-order valence-corrected chi connectivity index (χ3v) is 4.38. The molecule has 21 heavy (non-hydrogen) atoms. The van der Waals surface area contributed by atoms with Gasteiger partial charge in [-0.25, -0.2) is 4.39 Å². The maximum Gasteiger partial charge on any atom is 0.242 e. The average Bonchev–Trinajstić information content (AvgIpc) is 2.76. The zero-order valence-corrected chi connectivity index (χ0v) is 12.8. The lowest BCUT2D eigenvalue weighted by atomic mass is 10.1. The molecule has 3 rings (SSSR count). The number of hydrogen-bond acceptors (Lipinski definition) is 2. The van der Waals surface area contributed by atoms with Gasteiger partial charge < -0.3 is 14.5 Å². The van der Waals surface area contributed by atoms with Gasteiger partial charge in [0.15, 0.2) is 4.77 Å². The molecular formula is C15H18FN3OS. The average molecular weight is 307 g/mol. The second kappa shape index (κ2) is 5.60. The molecule has 1 amide bonds. The number of halogens is 1. The van der Waals surface area contributed by atoms with Gasteiger partial charge in [-0.3, -0.25) is 4.79 Å². The molecule has 0 aliphatic carbocycles. The normalized spacial score (nSPS) is 15.6.